The molecule has 0 fully saturated rings. The van der Waals surface area contributed by atoms with Crippen LogP contribution < -0.4 is 4.72 Å². The second kappa shape index (κ2) is 6.93. The van der Waals surface area contributed by atoms with E-state index < -0.39 is 14.9 Å². The van der Waals surface area contributed by atoms with Gasteiger partial charge in [-0.3, -0.25) is 14.8 Å². The number of sulfonamides is 1. The minimum Gasteiger partial charge on any atom is -0.279 e. The fourth-order valence-electron chi connectivity index (χ4n) is 2.44. The van der Waals surface area contributed by atoms with Crippen molar-refractivity contribution >= 4 is 33.0 Å². The van der Waals surface area contributed by atoms with E-state index in [1.165, 1.54) is 24.0 Å². The molecule has 12 heteroatoms. The summed E-state index contributed by atoms with van der Waals surface area (Å²) in [5.41, 5.74) is 1.25. The number of halogens is 1. The van der Waals surface area contributed by atoms with Crippen LogP contribution in [-0.2, 0) is 10.0 Å². The maximum Gasteiger partial charge on any atom is 0.275 e. The van der Waals surface area contributed by atoms with Gasteiger partial charge in [0.2, 0.25) is 0 Å². The Kier molecular flexibility index (Phi) is 4.81. The maximum atomic E-state index is 12.8. The zero-order valence-electron chi connectivity index (χ0n) is 14.1. The first-order chi connectivity index (χ1) is 12.7. The van der Waals surface area contributed by atoms with Crippen molar-refractivity contribution in [3.63, 3.8) is 0 Å². The zero-order chi connectivity index (χ0) is 19.8. The number of tetrazole rings is 1. The van der Waals surface area contributed by atoms with Gasteiger partial charge in [-0.2, -0.15) is 0 Å². The van der Waals surface area contributed by atoms with Crippen molar-refractivity contribution in [2.45, 2.75) is 18.7 Å². The number of nitro groups is 1. The first-order valence-corrected chi connectivity index (χ1v) is 9.37. The highest BCUT2D eigenvalue weighted by atomic mass is 35.5. The van der Waals surface area contributed by atoms with Crippen LogP contribution in [-0.4, -0.2) is 33.5 Å². The molecule has 1 aromatic heterocycles. The van der Waals surface area contributed by atoms with Gasteiger partial charge >= 0.3 is 0 Å². The molecule has 27 heavy (non-hydrogen) atoms. The molecule has 0 atom stereocenters. The number of benzene rings is 2. The molecule has 0 saturated carbocycles. The van der Waals surface area contributed by atoms with Crippen LogP contribution in [0, 0.1) is 24.0 Å². The van der Waals surface area contributed by atoms with E-state index in [1.54, 1.807) is 25.1 Å². The van der Waals surface area contributed by atoms with E-state index >= 15 is 0 Å². The van der Waals surface area contributed by atoms with Crippen molar-refractivity contribution in [1.29, 1.82) is 0 Å². The number of hydrogen-bond acceptors (Lipinski definition) is 7. The Hall–Kier alpha value is -3.05. The minimum absolute atomic E-state index is 0.0104. The Labute approximate surface area is 159 Å². The van der Waals surface area contributed by atoms with Crippen LogP contribution in [0.3, 0.4) is 0 Å². The zero-order valence-corrected chi connectivity index (χ0v) is 15.7. The molecule has 0 spiro atoms. The number of nitro benzene ring substituents is 1. The number of aromatic nitrogens is 4. The van der Waals surface area contributed by atoms with E-state index in [1.807, 2.05) is 0 Å². The molecular formula is C15H13ClN6O4S. The van der Waals surface area contributed by atoms with Crippen LogP contribution in [0.25, 0.3) is 5.69 Å². The van der Waals surface area contributed by atoms with Gasteiger partial charge in [-0.15, -0.1) is 5.10 Å². The van der Waals surface area contributed by atoms with Crippen molar-refractivity contribution in [2.24, 2.45) is 0 Å². The third kappa shape index (κ3) is 3.59. The number of rotatable bonds is 5. The Morgan fingerprint density at radius 2 is 1.96 bits per heavy atom. The van der Waals surface area contributed by atoms with Crippen LogP contribution in [0.1, 0.15) is 11.1 Å². The lowest BCUT2D eigenvalue weighted by Crippen LogP contribution is -2.15. The van der Waals surface area contributed by atoms with Crippen molar-refractivity contribution in [2.75, 3.05) is 4.72 Å². The molecule has 2 aromatic carbocycles. The average molecular weight is 409 g/mol. The van der Waals surface area contributed by atoms with Crippen LogP contribution >= 0.6 is 11.6 Å². The van der Waals surface area contributed by atoms with Crippen LogP contribution in [0.15, 0.2) is 41.6 Å². The molecule has 3 rings (SSSR count). The van der Waals surface area contributed by atoms with Gasteiger partial charge in [-0.1, -0.05) is 17.7 Å². The second-order valence-corrected chi connectivity index (χ2v) is 7.71. The van der Waals surface area contributed by atoms with Gasteiger partial charge in [0, 0.05) is 11.6 Å². The molecule has 140 valence electrons. The predicted octanol–water partition coefficient (Wildman–Crippen LogP) is 2.64. The number of anilines is 1. The third-order valence-corrected chi connectivity index (χ3v) is 5.68. The summed E-state index contributed by atoms with van der Waals surface area (Å²) in [7, 11) is -4.12. The predicted molar refractivity (Wildman–Crippen MR) is 97.5 cm³/mol. The summed E-state index contributed by atoms with van der Waals surface area (Å²) in [4.78, 5) is 10.2. The smallest absolute Gasteiger partial charge is 0.275 e. The lowest BCUT2D eigenvalue weighted by molar-refractivity contribution is -0.385. The highest BCUT2D eigenvalue weighted by Gasteiger charge is 2.23. The summed E-state index contributed by atoms with van der Waals surface area (Å²) in [6.07, 6.45) is 1.38. The second-order valence-electron chi connectivity index (χ2n) is 5.62. The Morgan fingerprint density at radius 1 is 1.22 bits per heavy atom. The highest BCUT2D eigenvalue weighted by molar-refractivity contribution is 7.92. The fourth-order valence-corrected chi connectivity index (χ4v) is 3.89. The standard InChI is InChI=1S/C15H13ClN6O4S/c1-9-12(16)6-11(7-15(9)22(23)24)27(25,26)18-13-4-3-5-14(10(13)2)21-8-17-19-20-21/h3-8,18H,1-2H3. The normalized spacial score (nSPS) is 11.4. The maximum absolute atomic E-state index is 12.8. The van der Waals surface area contributed by atoms with E-state index in [-0.39, 0.29) is 26.9 Å². The Bertz CT molecular complexity index is 1130. The van der Waals surface area contributed by atoms with E-state index in [0.29, 0.717) is 11.3 Å². The number of nitrogens with one attached hydrogen (secondary N) is 1. The molecular weight excluding hydrogens is 396 g/mol. The summed E-state index contributed by atoms with van der Waals surface area (Å²) < 4.78 is 29.3. The Balaban J connectivity index is 2.04. The molecule has 0 saturated heterocycles. The lowest BCUT2D eigenvalue weighted by atomic mass is 10.1. The lowest BCUT2D eigenvalue weighted by Gasteiger charge is -2.14. The van der Waals surface area contributed by atoms with Crippen molar-refractivity contribution in [1.82, 2.24) is 20.2 Å². The number of nitrogens with zero attached hydrogens (tertiary/aromatic N) is 5. The SMILES string of the molecule is Cc1c(NS(=O)(=O)c2cc(Cl)c(C)c([N+](=O)[O-])c2)cccc1-n1cnnn1. The van der Waals surface area contributed by atoms with E-state index in [9.17, 15) is 18.5 Å². The van der Waals surface area contributed by atoms with Gasteiger partial charge in [0.05, 0.1) is 26.2 Å². The summed E-state index contributed by atoms with van der Waals surface area (Å²) in [5.74, 6) is 0. The molecule has 3 aromatic rings. The highest BCUT2D eigenvalue weighted by Crippen LogP contribution is 2.31. The topological polar surface area (TPSA) is 133 Å². The van der Waals surface area contributed by atoms with Gasteiger partial charge in [0.15, 0.2) is 0 Å². The van der Waals surface area contributed by atoms with Gasteiger partial charge in [0.1, 0.15) is 6.33 Å². The molecule has 0 unspecified atom stereocenters. The molecule has 0 radical (unpaired) electrons. The minimum atomic E-state index is -4.12. The molecule has 0 aliphatic carbocycles. The van der Waals surface area contributed by atoms with Gasteiger partial charge in [-0.05, 0) is 48.0 Å². The van der Waals surface area contributed by atoms with Crippen molar-refractivity contribution < 1.29 is 13.3 Å². The molecule has 1 heterocycles. The summed E-state index contributed by atoms with van der Waals surface area (Å²) >= 11 is 5.97. The van der Waals surface area contributed by atoms with E-state index in [2.05, 4.69) is 20.2 Å². The fraction of sp³-hybridized carbons (Fsp3) is 0.133. The largest absolute Gasteiger partial charge is 0.279 e. The van der Waals surface area contributed by atoms with Gasteiger partial charge in [0.25, 0.3) is 15.7 Å². The summed E-state index contributed by atoms with van der Waals surface area (Å²) in [6.45, 7) is 3.14. The van der Waals surface area contributed by atoms with Crippen LogP contribution in [0.2, 0.25) is 5.02 Å². The average Bonchev–Trinajstić information content (AvgIpc) is 3.12. The monoisotopic (exact) mass is 408 g/mol. The molecule has 1 N–H and O–H groups in total. The van der Waals surface area contributed by atoms with E-state index in [4.69, 9.17) is 11.6 Å². The van der Waals surface area contributed by atoms with Crippen LogP contribution in [0.4, 0.5) is 11.4 Å². The summed E-state index contributed by atoms with van der Waals surface area (Å²) in [5, 5.41) is 22.0. The Morgan fingerprint density at radius 3 is 2.59 bits per heavy atom. The first-order valence-electron chi connectivity index (χ1n) is 7.51. The molecule has 0 amide bonds. The van der Waals surface area contributed by atoms with Gasteiger partial charge in [-0.25, -0.2) is 13.1 Å². The van der Waals surface area contributed by atoms with Crippen molar-refractivity contribution in [3.8, 4) is 5.69 Å². The first kappa shape index (κ1) is 18.7. The van der Waals surface area contributed by atoms with Crippen LogP contribution in [0.5, 0.6) is 0 Å². The molecule has 10 nitrogen and oxygen atoms in total. The van der Waals surface area contributed by atoms with Gasteiger partial charge < -0.3 is 0 Å². The molecule has 0 aliphatic rings. The number of hydrogen-bond donors (Lipinski definition) is 1. The third-order valence-electron chi connectivity index (χ3n) is 3.94. The van der Waals surface area contributed by atoms with Crippen molar-refractivity contribution in [3.05, 3.63) is 62.9 Å². The van der Waals surface area contributed by atoms with E-state index in [0.717, 1.165) is 6.07 Å². The quantitative estimate of drug-likeness (QED) is 0.506. The molecule has 0 bridgehead atoms. The molecule has 0 aliphatic heterocycles. The summed E-state index contributed by atoms with van der Waals surface area (Å²) in [6, 6.07) is 7.06.